The van der Waals surface area contributed by atoms with Crippen molar-refractivity contribution < 1.29 is 14.3 Å². The molecule has 136 valence electrons. The number of piperazine rings is 1. The Kier molecular flexibility index (Phi) is 5.58. The number of hydrogen-bond donors (Lipinski definition) is 1. The molecule has 2 saturated heterocycles. The van der Waals surface area contributed by atoms with Gasteiger partial charge in [-0.15, -0.1) is 0 Å². The first kappa shape index (κ1) is 17.7. The predicted octanol–water partition coefficient (Wildman–Crippen LogP) is 1.57. The maximum absolute atomic E-state index is 12.8. The highest BCUT2D eigenvalue weighted by Gasteiger charge is 2.31. The van der Waals surface area contributed by atoms with Crippen molar-refractivity contribution in [3.8, 4) is 5.75 Å². The number of rotatable bonds is 5. The van der Waals surface area contributed by atoms with Gasteiger partial charge < -0.3 is 19.9 Å². The molecule has 0 aromatic heterocycles. The van der Waals surface area contributed by atoms with Gasteiger partial charge in [-0.1, -0.05) is 12.1 Å². The second-order valence-electron chi connectivity index (χ2n) is 6.96. The van der Waals surface area contributed by atoms with E-state index in [-0.39, 0.29) is 30.5 Å². The zero-order chi connectivity index (χ0) is 17.8. The van der Waals surface area contributed by atoms with E-state index in [9.17, 15) is 9.59 Å². The lowest BCUT2D eigenvalue weighted by atomic mass is 10.0. The van der Waals surface area contributed by atoms with Crippen LogP contribution in [-0.4, -0.2) is 60.4 Å². The second kappa shape index (κ2) is 7.87. The highest BCUT2D eigenvalue weighted by Crippen LogP contribution is 2.25. The summed E-state index contributed by atoms with van der Waals surface area (Å²) < 4.78 is 5.69. The molecule has 2 aliphatic rings. The summed E-state index contributed by atoms with van der Waals surface area (Å²) in [6.45, 7) is 7.06. The first-order chi connectivity index (χ1) is 12.0. The summed E-state index contributed by atoms with van der Waals surface area (Å²) in [5.74, 6) is 0.961. The summed E-state index contributed by atoms with van der Waals surface area (Å²) in [7, 11) is 0. The molecule has 1 atom stereocenters. The van der Waals surface area contributed by atoms with Crippen LogP contribution in [0.3, 0.4) is 0 Å². The van der Waals surface area contributed by atoms with Gasteiger partial charge in [0.25, 0.3) is 0 Å². The van der Waals surface area contributed by atoms with Crippen LogP contribution in [0.1, 0.15) is 38.3 Å². The average molecular weight is 345 g/mol. The molecule has 25 heavy (non-hydrogen) atoms. The van der Waals surface area contributed by atoms with Crippen LogP contribution in [0.25, 0.3) is 0 Å². The zero-order valence-electron chi connectivity index (χ0n) is 15.0. The van der Waals surface area contributed by atoms with Gasteiger partial charge >= 0.3 is 0 Å². The topological polar surface area (TPSA) is 61.9 Å². The van der Waals surface area contributed by atoms with E-state index in [4.69, 9.17) is 4.74 Å². The van der Waals surface area contributed by atoms with Gasteiger partial charge in [-0.3, -0.25) is 9.59 Å². The number of carbonyl (C=O) groups is 2. The van der Waals surface area contributed by atoms with Crippen molar-refractivity contribution in [2.75, 3.05) is 32.7 Å². The number of nitrogens with zero attached hydrogens (tertiary/aromatic N) is 2. The van der Waals surface area contributed by atoms with E-state index in [2.05, 4.69) is 5.32 Å². The Balaban J connectivity index is 1.69. The van der Waals surface area contributed by atoms with Crippen molar-refractivity contribution in [2.24, 2.45) is 0 Å². The number of nitrogens with one attached hydrogen (secondary N) is 1. The maximum atomic E-state index is 12.8. The van der Waals surface area contributed by atoms with E-state index < -0.39 is 0 Å². The Morgan fingerprint density at radius 1 is 1.28 bits per heavy atom. The van der Waals surface area contributed by atoms with Crippen LogP contribution in [0, 0.1) is 0 Å². The van der Waals surface area contributed by atoms with E-state index >= 15 is 0 Å². The molecule has 0 spiro atoms. The molecule has 2 fully saturated rings. The van der Waals surface area contributed by atoms with Crippen LogP contribution < -0.4 is 10.1 Å². The third-order valence-corrected chi connectivity index (χ3v) is 4.70. The first-order valence-corrected chi connectivity index (χ1v) is 9.09. The molecule has 2 amide bonds. The van der Waals surface area contributed by atoms with E-state index in [0.29, 0.717) is 19.5 Å². The number of likely N-dealkylation sites (tertiary alicyclic amines) is 1. The van der Waals surface area contributed by atoms with E-state index in [1.807, 2.05) is 43.0 Å². The van der Waals surface area contributed by atoms with Gasteiger partial charge in [0.1, 0.15) is 5.75 Å². The molecular weight excluding hydrogens is 318 g/mol. The van der Waals surface area contributed by atoms with E-state index in [0.717, 1.165) is 30.8 Å². The minimum Gasteiger partial charge on any atom is -0.491 e. The number of ether oxygens (including phenoxy) is 1. The SMILES string of the molecule is CC(C)Oc1ccc(C2CNCCN2C(=O)CN2CCCC2=O)cc1. The monoisotopic (exact) mass is 345 g/mol. The highest BCUT2D eigenvalue weighted by molar-refractivity contribution is 5.86. The Bertz CT molecular complexity index is 615. The molecule has 0 aliphatic carbocycles. The Morgan fingerprint density at radius 3 is 2.68 bits per heavy atom. The van der Waals surface area contributed by atoms with Gasteiger partial charge in [0.2, 0.25) is 11.8 Å². The van der Waals surface area contributed by atoms with Crippen LogP contribution in [0.2, 0.25) is 0 Å². The molecule has 0 saturated carbocycles. The smallest absolute Gasteiger partial charge is 0.242 e. The number of amides is 2. The molecule has 2 heterocycles. The molecule has 2 aliphatic heterocycles. The van der Waals surface area contributed by atoms with Crippen molar-refractivity contribution in [1.82, 2.24) is 15.1 Å². The average Bonchev–Trinajstić information content (AvgIpc) is 3.00. The molecule has 1 N–H and O–H groups in total. The minimum atomic E-state index is -0.00736. The van der Waals surface area contributed by atoms with Crippen molar-refractivity contribution in [3.05, 3.63) is 29.8 Å². The van der Waals surface area contributed by atoms with E-state index in [1.54, 1.807) is 4.90 Å². The molecule has 6 heteroatoms. The second-order valence-corrected chi connectivity index (χ2v) is 6.96. The quantitative estimate of drug-likeness (QED) is 0.880. The first-order valence-electron chi connectivity index (χ1n) is 9.09. The Hall–Kier alpha value is -2.08. The molecule has 1 aromatic rings. The molecule has 3 rings (SSSR count). The largest absolute Gasteiger partial charge is 0.491 e. The van der Waals surface area contributed by atoms with Gasteiger partial charge in [0, 0.05) is 32.6 Å². The third-order valence-electron chi connectivity index (χ3n) is 4.70. The van der Waals surface area contributed by atoms with Gasteiger partial charge in [-0.25, -0.2) is 0 Å². The van der Waals surface area contributed by atoms with Gasteiger partial charge in [-0.2, -0.15) is 0 Å². The Morgan fingerprint density at radius 2 is 2.04 bits per heavy atom. The van der Waals surface area contributed by atoms with Crippen LogP contribution >= 0.6 is 0 Å². The normalized spacial score (nSPS) is 21.1. The lowest BCUT2D eigenvalue weighted by Gasteiger charge is -2.37. The van der Waals surface area contributed by atoms with E-state index in [1.165, 1.54) is 0 Å². The van der Waals surface area contributed by atoms with Crippen molar-refractivity contribution >= 4 is 11.8 Å². The molecule has 0 bridgehead atoms. The fraction of sp³-hybridized carbons (Fsp3) is 0.579. The van der Waals surface area contributed by atoms with Crippen LogP contribution in [-0.2, 0) is 9.59 Å². The maximum Gasteiger partial charge on any atom is 0.242 e. The molecule has 0 radical (unpaired) electrons. The lowest BCUT2D eigenvalue weighted by molar-refractivity contribution is -0.140. The highest BCUT2D eigenvalue weighted by atomic mass is 16.5. The minimum absolute atomic E-state index is 0.00736. The molecule has 1 aromatic carbocycles. The molecule has 1 unspecified atom stereocenters. The van der Waals surface area contributed by atoms with Gasteiger partial charge in [0.05, 0.1) is 18.7 Å². The van der Waals surface area contributed by atoms with Crippen molar-refractivity contribution in [3.63, 3.8) is 0 Å². The summed E-state index contributed by atoms with van der Waals surface area (Å²) in [5.41, 5.74) is 1.09. The fourth-order valence-corrected chi connectivity index (χ4v) is 3.47. The van der Waals surface area contributed by atoms with Crippen LogP contribution in [0.15, 0.2) is 24.3 Å². The van der Waals surface area contributed by atoms with Gasteiger partial charge in [-0.05, 0) is 38.0 Å². The van der Waals surface area contributed by atoms with Crippen LogP contribution in [0.4, 0.5) is 0 Å². The predicted molar refractivity (Wildman–Crippen MR) is 95.3 cm³/mol. The standard InChI is InChI=1S/C19H27N3O3/c1-14(2)25-16-7-5-15(6-8-16)17-12-20-9-11-22(17)19(24)13-21-10-3-4-18(21)23/h5-8,14,17,20H,3-4,9-13H2,1-2H3. The summed E-state index contributed by atoms with van der Waals surface area (Å²) in [6, 6.07) is 7.95. The Labute approximate surface area is 149 Å². The van der Waals surface area contributed by atoms with Crippen LogP contribution in [0.5, 0.6) is 5.75 Å². The number of hydrogen-bond acceptors (Lipinski definition) is 4. The summed E-state index contributed by atoms with van der Waals surface area (Å²) in [6.07, 6.45) is 1.56. The number of carbonyl (C=O) groups excluding carboxylic acids is 2. The molecular formula is C19H27N3O3. The van der Waals surface area contributed by atoms with Gasteiger partial charge in [0.15, 0.2) is 0 Å². The summed E-state index contributed by atoms with van der Waals surface area (Å²) in [5, 5.41) is 3.36. The zero-order valence-corrected chi connectivity index (χ0v) is 15.0. The van der Waals surface area contributed by atoms with Crippen molar-refractivity contribution in [2.45, 2.75) is 38.8 Å². The fourth-order valence-electron chi connectivity index (χ4n) is 3.47. The lowest BCUT2D eigenvalue weighted by Crippen LogP contribution is -2.51. The molecule has 6 nitrogen and oxygen atoms in total. The number of benzene rings is 1. The summed E-state index contributed by atoms with van der Waals surface area (Å²) >= 11 is 0. The van der Waals surface area contributed by atoms with Crippen molar-refractivity contribution in [1.29, 1.82) is 0 Å². The third kappa shape index (κ3) is 4.31. The summed E-state index contributed by atoms with van der Waals surface area (Å²) in [4.78, 5) is 28.2.